The lowest BCUT2D eigenvalue weighted by Gasteiger charge is -2.21. The van der Waals surface area contributed by atoms with Crippen LogP contribution in [-0.2, 0) is 24.0 Å². The molecule has 0 aliphatic carbocycles. The van der Waals surface area contributed by atoms with Crippen LogP contribution in [0, 0.1) is 0 Å². The molecule has 2 N–H and O–H groups in total. The molecule has 10 heteroatoms. The van der Waals surface area contributed by atoms with Gasteiger partial charge in [0.1, 0.15) is 6.04 Å². The van der Waals surface area contributed by atoms with E-state index in [0.29, 0.717) is 25.1 Å². The third-order valence-electron chi connectivity index (χ3n) is 4.37. The van der Waals surface area contributed by atoms with Gasteiger partial charge in [0.05, 0.1) is 5.25 Å². The van der Waals surface area contributed by atoms with E-state index in [1.807, 2.05) is 0 Å². The number of carboxylic acids is 1. The number of hydrogen-bond donors (Lipinski definition) is 2. The molecule has 0 spiro atoms. The molecule has 0 saturated carbocycles. The van der Waals surface area contributed by atoms with Crippen molar-refractivity contribution >= 4 is 41.4 Å². The van der Waals surface area contributed by atoms with Gasteiger partial charge in [0.2, 0.25) is 23.6 Å². The normalized spacial score (nSPS) is 17.7. The number of carbonyl (C=O) groups excluding carboxylic acids is 4. The van der Waals surface area contributed by atoms with Gasteiger partial charge in [0, 0.05) is 45.2 Å². The van der Waals surface area contributed by atoms with E-state index in [1.54, 1.807) is 6.92 Å². The van der Waals surface area contributed by atoms with E-state index in [0.717, 1.165) is 4.90 Å². The molecule has 1 fully saturated rings. The topological polar surface area (TPSA) is 124 Å². The van der Waals surface area contributed by atoms with Gasteiger partial charge in [-0.3, -0.25) is 24.1 Å². The van der Waals surface area contributed by atoms with Gasteiger partial charge in [-0.15, -0.1) is 11.8 Å². The average Bonchev–Trinajstić information content (AvgIpc) is 2.90. The van der Waals surface area contributed by atoms with Crippen LogP contribution in [-0.4, -0.2) is 81.7 Å². The summed E-state index contributed by atoms with van der Waals surface area (Å²) in [6.45, 7) is 3.84. The van der Waals surface area contributed by atoms with Crippen LogP contribution >= 0.6 is 11.8 Å². The maximum atomic E-state index is 12.3. The third-order valence-corrected chi connectivity index (χ3v) is 5.58. The molecule has 0 aromatic heterocycles. The number of imide groups is 1. The lowest BCUT2D eigenvalue weighted by molar-refractivity contribution is -0.148. The highest BCUT2D eigenvalue weighted by Gasteiger charge is 2.38. The molecule has 1 saturated heterocycles. The van der Waals surface area contributed by atoms with Gasteiger partial charge >= 0.3 is 5.97 Å². The molecule has 1 rings (SSSR count). The van der Waals surface area contributed by atoms with Crippen LogP contribution < -0.4 is 5.32 Å². The van der Waals surface area contributed by atoms with Gasteiger partial charge in [-0.25, -0.2) is 4.79 Å². The molecule has 152 valence electrons. The molecule has 1 heterocycles. The smallest absolute Gasteiger partial charge is 0.326 e. The molecule has 0 radical (unpaired) electrons. The minimum atomic E-state index is -1.08. The zero-order valence-corrected chi connectivity index (χ0v) is 16.7. The second kappa shape index (κ2) is 10.9. The fourth-order valence-corrected chi connectivity index (χ4v) is 3.56. The Hall–Kier alpha value is -2.10. The van der Waals surface area contributed by atoms with E-state index in [4.69, 9.17) is 5.11 Å². The Morgan fingerprint density at radius 3 is 2.63 bits per heavy atom. The minimum absolute atomic E-state index is 0.0747. The highest BCUT2D eigenvalue weighted by atomic mass is 32.2. The predicted octanol–water partition coefficient (Wildman–Crippen LogP) is 0.0850. The molecule has 4 amide bonds. The Morgan fingerprint density at radius 2 is 2.04 bits per heavy atom. The minimum Gasteiger partial charge on any atom is -0.480 e. The Kier molecular flexibility index (Phi) is 9.27. The van der Waals surface area contributed by atoms with Crippen molar-refractivity contribution < 1.29 is 29.1 Å². The lowest BCUT2D eigenvalue weighted by Crippen LogP contribution is -2.40. The molecular formula is C17H27N3O6S. The summed E-state index contributed by atoms with van der Waals surface area (Å²) >= 11 is 1.24. The van der Waals surface area contributed by atoms with E-state index < -0.39 is 17.3 Å². The first-order valence-electron chi connectivity index (χ1n) is 8.90. The molecule has 0 aromatic carbocycles. The lowest BCUT2D eigenvalue weighted by atomic mass is 10.3. The van der Waals surface area contributed by atoms with E-state index in [1.165, 1.54) is 30.6 Å². The summed E-state index contributed by atoms with van der Waals surface area (Å²) in [6, 6.07) is -0.916. The number of amides is 4. The number of carboxylic acid groups (broad SMARTS) is 1. The Morgan fingerprint density at radius 1 is 1.37 bits per heavy atom. The Balaban J connectivity index is 2.37. The summed E-state index contributed by atoms with van der Waals surface area (Å²) in [7, 11) is 1.43. The van der Waals surface area contributed by atoms with Crippen molar-refractivity contribution in [1.82, 2.24) is 15.1 Å². The summed E-state index contributed by atoms with van der Waals surface area (Å²) in [5.41, 5.74) is 0. The summed E-state index contributed by atoms with van der Waals surface area (Å²) in [4.78, 5) is 60.7. The molecular weight excluding hydrogens is 374 g/mol. The molecule has 1 unspecified atom stereocenters. The molecule has 1 aliphatic rings. The quantitative estimate of drug-likeness (QED) is 0.371. The zero-order chi connectivity index (χ0) is 20.6. The molecule has 0 bridgehead atoms. The fourth-order valence-electron chi connectivity index (χ4n) is 2.45. The molecule has 2 atom stereocenters. The van der Waals surface area contributed by atoms with Crippen LogP contribution in [0.2, 0.25) is 0 Å². The predicted molar refractivity (Wildman–Crippen MR) is 100.0 cm³/mol. The van der Waals surface area contributed by atoms with Crippen molar-refractivity contribution in [2.24, 2.45) is 0 Å². The Labute approximate surface area is 162 Å². The summed E-state index contributed by atoms with van der Waals surface area (Å²) in [6.07, 6.45) is 1.08. The van der Waals surface area contributed by atoms with Crippen LogP contribution in [0.4, 0.5) is 0 Å². The van der Waals surface area contributed by atoms with Gasteiger partial charge in [0.15, 0.2) is 0 Å². The SMILES string of the molecule is CCC(=O)NCCCN1C(=O)CC(SCCC(=O)N(C)[C@@H](C)C(=O)O)C1=O. The van der Waals surface area contributed by atoms with Gasteiger partial charge in [-0.1, -0.05) is 6.92 Å². The molecule has 0 aromatic rings. The number of likely N-dealkylation sites (tertiary alicyclic amines) is 1. The number of nitrogens with zero attached hydrogens (tertiary/aromatic N) is 2. The van der Waals surface area contributed by atoms with Crippen molar-refractivity contribution in [3.05, 3.63) is 0 Å². The maximum Gasteiger partial charge on any atom is 0.326 e. The second-order valence-corrected chi connectivity index (χ2v) is 7.58. The van der Waals surface area contributed by atoms with Crippen molar-refractivity contribution in [2.75, 3.05) is 25.9 Å². The number of rotatable bonds is 11. The number of aliphatic carboxylic acids is 1. The van der Waals surface area contributed by atoms with E-state index >= 15 is 0 Å². The van der Waals surface area contributed by atoms with Crippen molar-refractivity contribution in [2.45, 2.75) is 50.8 Å². The van der Waals surface area contributed by atoms with E-state index in [9.17, 15) is 24.0 Å². The Bertz CT molecular complexity index is 597. The second-order valence-electron chi connectivity index (χ2n) is 6.27. The summed E-state index contributed by atoms with van der Waals surface area (Å²) in [5, 5.41) is 11.1. The van der Waals surface area contributed by atoms with E-state index in [2.05, 4.69) is 5.32 Å². The van der Waals surface area contributed by atoms with Crippen LogP contribution in [0.1, 0.15) is 39.5 Å². The largest absolute Gasteiger partial charge is 0.480 e. The van der Waals surface area contributed by atoms with Gasteiger partial charge in [0.25, 0.3) is 0 Å². The van der Waals surface area contributed by atoms with Crippen molar-refractivity contribution in [3.8, 4) is 0 Å². The van der Waals surface area contributed by atoms with Gasteiger partial charge in [-0.2, -0.15) is 0 Å². The first kappa shape index (κ1) is 22.9. The molecule has 27 heavy (non-hydrogen) atoms. The zero-order valence-electron chi connectivity index (χ0n) is 15.9. The van der Waals surface area contributed by atoms with Crippen LogP contribution in [0.5, 0.6) is 0 Å². The first-order chi connectivity index (χ1) is 12.7. The number of likely N-dealkylation sites (N-methyl/N-ethyl adjacent to an activating group) is 1. The van der Waals surface area contributed by atoms with Gasteiger partial charge < -0.3 is 15.3 Å². The van der Waals surface area contributed by atoms with E-state index in [-0.39, 0.29) is 43.0 Å². The molecule has 1 aliphatic heterocycles. The van der Waals surface area contributed by atoms with Crippen LogP contribution in [0.15, 0.2) is 0 Å². The van der Waals surface area contributed by atoms with Crippen LogP contribution in [0.3, 0.4) is 0 Å². The monoisotopic (exact) mass is 401 g/mol. The number of hydrogen-bond acceptors (Lipinski definition) is 6. The fraction of sp³-hybridized carbons (Fsp3) is 0.706. The number of carbonyl (C=O) groups is 5. The summed E-state index contributed by atoms with van der Waals surface area (Å²) in [5.74, 6) is -1.67. The average molecular weight is 401 g/mol. The van der Waals surface area contributed by atoms with Crippen molar-refractivity contribution in [1.29, 1.82) is 0 Å². The number of thioether (sulfide) groups is 1. The summed E-state index contributed by atoms with van der Waals surface area (Å²) < 4.78 is 0. The standard InChI is InChI=1S/C17H27N3O6S/c1-4-13(21)18-7-5-8-20-15(23)10-12(16(20)24)27-9-6-14(22)19(3)11(2)17(25)26/h11-12H,4-10H2,1-3H3,(H,18,21)(H,25,26)/t11-,12?/m0/s1. The first-order valence-corrected chi connectivity index (χ1v) is 9.94. The van der Waals surface area contributed by atoms with Crippen molar-refractivity contribution in [3.63, 3.8) is 0 Å². The number of nitrogens with one attached hydrogen (secondary N) is 1. The highest BCUT2D eigenvalue weighted by Crippen LogP contribution is 2.26. The third kappa shape index (κ3) is 6.85. The maximum absolute atomic E-state index is 12.3. The molecule has 9 nitrogen and oxygen atoms in total. The highest BCUT2D eigenvalue weighted by molar-refractivity contribution is 8.00. The van der Waals surface area contributed by atoms with Crippen LogP contribution in [0.25, 0.3) is 0 Å². The van der Waals surface area contributed by atoms with Gasteiger partial charge in [-0.05, 0) is 13.3 Å².